The summed E-state index contributed by atoms with van der Waals surface area (Å²) in [6.07, 6.45) is 1.14. The van der Waals surface area contributed by atoms with Crippen molar-refractivity contribution in [1.29, 1.82) is 0 Å². The Morgan fingerprint density at radius 2 is 1.90 bits per heavy atom. The van der Waals surface area contributed by atoms with E-state index in [0.29, 0.717) is 30.7 Å². The second-order valence-electron chi connectivity index (χ2n) is 8.09. The number of para-hydroxylation sites is 1. The molecule has 1 heterocycles. The van der Waals surface area contributed by atoms with Gasteiger partial charge in [-0.15, -0.1) is 0 Å². The highest BCUT2D eigenvalue weighted by Crippen LogP contribution is 2.32. The minimum atomic E-state index is -3.83. The van der Waals surface area contributed by atoms with E-state index in [9.17, 15) is 13.2 Å². The smallest absolute Gasteiger partial charge is 0.244 e. The van der Waals surface area contributed by atoms with Crippen molar-refractivity contribution >= 4 is 21.6 Å². The molecule has 1 aliphatic heterocycles. The molecule has 162 valence electrons. The van der Waals surface area contributed by atoms with Gasteiger partial charge in [-0.2, -0.15) is 4.31 Å². The Kier molecular flexibility index (Phi) is 6.53. The molecule has 1 N–H and O–H groups in total. The average molecular weight is 431 g/mol. The van der Waals surface area contributed by atoms with Crippen LogP contribution in [0.15, 0.2) is 41.3 Å². The van der Waals surface area contributed by atoms with Crippen LogP contribution in [-0.2, 0) is 14.8 Å². The van der Waals surface area contributed by atoms with Gasteiger partial charge in [0.15, 0.2) is 0 Å². The van der Waals surface area contributed by atoms with Crippen molar-refractivity contribution in [3.05, 3.63) is 53.1 Å². The van der Waals surface area contributed by atoms with Gasteiger partial charge in [-0.3, -0.25) is 4.79 Å². The molecule has 0 aliphatic carbocycles. The van der Waals surface area contributed by atoms with Crippen LogP contribution >= 0.6 is 0 Å². The normalized spacial score (nSPS) is 17.3. The first-order chi connectivity index (χ1) is 14.2. The summed E-state index contributed by atoms with van der Waals surface area (Å²) in [6, 6.07) is 10.2. The summed E-state index contributed by atoms with van der Waals surface area (Å²) in [4.78, 5) is 13.4. The van der Waals surface area contributed by atoms with Crippen LogP contribution in [0.4, 0.5) is 5.69 Å². The molecule has 30 heavy (non-hydrogen) atoms. The third-order valence-electron chi connectivity index (χ3n) is 5.66. The Balaban J connectivity index is 1.92. The number of hydrogen-bond donors (Lipinski definition) is 1. The van der Waals surface area contributed by atoms with Gasteiger partial charge < -0.3 is 10.1 Å². The summed E-state index contributed by atoms with van der Waals surface area (Å²) in [5.41, 5.74) is 3.41. The minimum Gasteiger partial charge on any atom is -0.497 e. The number of ether oxygens (including phenoxy) is 1. The second-order valence-corrected chi connectivity index (χ2v) is 9.95. The zero-order valence-electron chi connectivity index (χ0n) is 18.2. The highest BCUT2D eigenvalue weighted by atomic mass is 32.2. The number of hydrogen-bond acceptors (Lipinski definition) is 4. The lowest BCUT2D eigenvalue weighted by Crippen LogP contribution is -2.43. The van der Waals surface area contributed by atoms with Crippen molar-refractivity contribution in [2.75, 3.05) is 19.0 Å². The monoisotopic (exact) mass is 430 g/mol. The lowest BCUT2D eigenvalue weighted by molar-refractivity contribution is -0.119. The van der Waals surface area contributed by atoms with Crippen molar-refractivity contribution in [3.8, 4) is 5.75 Å². The maximum atomic E-state index is 13.4. The van der Waals surface area contributed by atoms with Crippen LogP contribution in [0, 0.1) is 13.8 Å². The highest BCUT2D eigenvalue weighted by Gasteiger charge is 2.40. The van der Waals surface area contributed by atoms with Gasteiger partial charge in [0, 0.05) is 18.3 Å². The number of aryl methyl sites for hydroxylation is 2. The minimum absolute atomic E-state index is 0.181. The van der Waals surface area contributed by atoms with Crippen molar-refractivity contribution in [3.63, 3.8) is 0 Å². The Labute approximate surface area is 179 Å². The molecule has 3 rings (SSSR count). The quantitative estimate of drug-likeness (QED) is 0.744. The molecule has 0 radical (unpaired) electrons. The number of carbonyl (C=O) groups excluding carboxylic acids is 1. The number of sulfonamides is 1. The van der Waals surface area contributed by atoms with E-state index in [0.717, 1.165) is 16.8 Å². The van der Waals surface area contributed by atoms with Gasteiger partial charge in [-0.05, 0) is 55.4 Å². The van der Waals surface area contributed by atoms with E-state index >= 15 is 0 Å². The van der Waals surface area contributed by atoms with E-state index in [1.54, 1.807) is 19.1 Å². The van der Waals surface area contributed by atoms with Crippen LogP contribution in [0.1, 0.15) is 49.3 Å². The van der Waals surface area contributed by atoms with Gasteiger partial charge in [0.05, 0.1) is 12.0 Å². The molecule has 2 aromatic carbocycles. The molecule has 0 aromatic heterocycles. The first-order valence-corrected chi connectivity index (χ1v) is 11.7. The van der Waals surface area contributed by atoms with E-state index in [2.05, 4.69) is 19.2 Å². The molecule has 6 nitrogen and oxygen atoms in total. The zero-order chi connectivity index (χ0) is 22.1. The standard InChI is InChI=1S/C23H30N2O4S/c1-15(2)19-9-6-8-17(4)22(19)24-23(26)20-10-7-13-25(20)30(27,28)21-14-18(29-5)12-11-16(21)3/h6,8-9,11-12,14-15,20H,7,10,13H2,1-5H3,(H,24,26). The molecule has 1 atom stereocenters. The predicted molar refractivity (Wildman–Crippen MR) is 119 cm³/mol. The number of carbonyl (C=O) groups is 1. The van der Waals surface area contributed by atoms with Crippen molar-refractivity contribution < 1.29 is 17.9 Å². The Morgan fingerprint density at radius 3 is 2.57 bits per heavy atom. The summed E-state index contributed by atoms with van der Waals surface area (Å²) in [7, 11) is -2.33. The number of amides is 1. The molecule has 1 aliphatic rings. The van der Waals surface area contributed by atoms with Crippen molar-refractivity contribution in [2.45, 2.75) is 57.4 Å². The van der Waals surface area contributed by atoms with Crippen LogP contribution < -0.4 is 10.1 Å². The fraction of sp³-hybridized carbons (Fsp3) is 0.435. The van der Waals surface area contributed by atoms with Gasteiger partial charge in [-0.25, -0.2) is 8.42 Å². The fourth-order valence-electron chi connectivity index (χ4n) is 3.95. The number of rotatable bonds is 6. The van der Waals surface area contributed by atoms with E-state index < -0.39 is 16.1 Å². The molecule has 0 bridgehead atoms. The average Bonchev–Trinajstić information content (AvgIpc) is 3.20. The summed E-state index contributed by atoms with van der Waals surface area (Å²) < 4.78 is 33.4. The molecule has 0 saturated carbocycles. The number of nitrogens with one attached hydrogen (secondary N) is 1. The molecule has 7 heteroatoms. The molecule has 1 amide bonds. The molecule has 1 saturated heterocycles. The molecule has 0 spiro atoms. The molecule has 1 unspecified atom stereocenters. The zero-order valence-corrected chi connectivity index (χ0v) is 19.0. The SMILES string of the molecule is COc1ccc(C)c(S(=O)(=O)N2CCCC2C(=O)Nc2c(C)cccc2C(C)C)c1. The Morgan fingerprint density at radius 1 is 1.17 bits per heavy atom. The summed E-state index contributed by atoms with van der Waals surface area (Å²) in [6.45, 7) is 8.16. The number of methoxy groups -OCH3 is 1. The molecule has 1 fully saturated rings. The van der Waals surface area contributed by atoms with E-state index in [-0.39, 0.29) is 16.7 Å². The van der Waals surface area contributed by atoms with Gasteiger partial charge in [0.1, 0.15) is 11.8 Å². The Bertz CT molecular complexity index is 1050. The summed E-state index contributed by atoms with van der Waals surface area (Å²) in [5, 5.41) is 3.02. The second kappa shape index (κ2) is 8.78. The van der Waals surface area contributed by atoms with Crippen LogP contribution in [0.3, 0.4) is 0 Å². The lowest BCUT2D eigenvalue weighted by Gasteiger charge is -2.25. The van der Waals surface area contributed by atoms with Crippen molar-refractivity contribution in [1.82, 2.24) is 4.31 Å². The lowest BCUT2D eigenvalue weighted by atomic mass is 9.98. The highest BCUT2D eigenvalue weighted by molar-refractivity contribution is 7.89. The maximum Gasteiger partial charge on any atom is 0.244 e. The molecular formula is C23H30N2O4S. The Hall–Kier alpha value is -2.38. The van der Waals surface area contributed by atoms with Gasteiger partial charge in [-0.1, -0.05) is 38.1 Å². The molecule has 2 aromatic rings. The van der Waals surface area contributed by atoms with Crippen LogP contribution in [0.2, 0.25) is 0 Å². The van der Waals surface area contributed by atoms with Crippen LogP contribution in [0.25, 0.3) is 0 Å². The van der Waals surface area contributed by atoms with Crippen LogP contribution in [-0.4, -0.2) is 38.3 Å². The predicted octanol–water partition coefficient (Wildman–Crippen LogP) is 4.23. The summed E-state index contributed by atoms with van der Waals surface area (Å²) >= 11 is 0. The number of anilines is 1. The molecular weight excluding hydrogens is 400 g/mol. The third kappa shape index (κ3) is 4.23. The maximum absolute atomic E-state index is 13.4. The largest absolute Gasteiger partial charge is 0.497 e. The number of benzene rings is 2. The van der Waals surface area contributed by atoms with E-state index in [4.69, 9.17) is 4.74 Å². The van der Waals surface area contributed by atoms with Gasteiger partial charge in [0.25, 0.3) is 0 Å². The van der Waals surface area contributed by atoms with E-state index in [1.807, 2.05) is 25.1 Å². The van der Waals surface area contributed by atoms with Gasteiger partial charge in [0.2, 0.25) is 15.9 Å². The van der Waals surface area contributed by atoms with Gasteiger partial charge >= 0.3 is 0 Å². The van der Waals surface area contributed by atoms with Crippen LogP contribution in [0.5, 0.6) is 5.75 Å². The van der Waals surface area contributed by atoms with E-state index in [1.165, 1.54) is 17.5 Å². The topological polar surface area (TPSA) is 75.7 Å². The fourth-order valence-corrected chi connectivity index (χ4v) is 5.85. The third-order valence-corrected chi connectivity index (χ3v) is 7.71. The first-order valence-electron chi connectivity index (χ1n) is 10.2. The first kappa shape index (κ1) is 22.3. The number of nitrogens with zero attached hydrogens (tertiary/aromatic N) is 1. The van der Waals surface area contributed by atoms with Crippen molar-refractivity contribution in [2.24, 2.45) is 0 Å². The summed E-state index contributed by atoms with van der Waals surface area (Å²) in [5.74, 6) is 0.428.